The highest BCUT2D eigenvalue weighted by molar-refractivity contribution is 6.35. The van der Waals surface area contributed by atoms with Gasteiger partial charge in [-0.3, -0.25) is 14.5 Å². The summed E-state index contributed by atoms with van der Waals surface area (Å²) in [6.45, 7) is 7.73. The van der Waals surface area contributed by atoms with Gasteiger partial charge in [0.2, 0.25) is 0 Å². The fourth-order valence-corrected chi connectivity index (χ4v) is 4.84. The van der Waals surface area contributed by atoms with Gasteiger partial charge in [-0.1, -0.05) is 42.0 Å². The first-order valence-electron chi connectivity index (χ1n) is 12.3. The van der Waals surface area contributed by atoms with Gasteiger partial charge in [-0.05, 0) is 49.6 Å². The van der Waals surface area contributed by atoms with Gasteiger partial charge in [0, 0.05) is 58.5 Å². The van der Waals surface area contributed by atoms with Gasteiger partial charge in [0.25, 0.3) is 0 Å². The Kier molecular flexibility index (Phi) is 7.85. The van der Waals surface area contributed by atoms with Crippen molar-refractivity contribution in [1.82, 2.24) is 20.4 Å². The summed E-state index contributed by atoms with van der Waals surface area (Å²) in [4.78, 5) is 32.1. The largest absolute Gasteiger partial charge is 0.374 e. The molecule has 2 amide bonds. The molecule has 34 heavy (non-hydrogen) atoms. The fraction of sp³-hybridized carbons (Fsp3) is 0.481. The zero-order valence-electron chi connectivity index (χ0n) is 20.6. The van der Waals surface area contributed by atoms with Crippen LogP contribution in [0, 0.1) is 6.92 Å². The first-order chi connectivity index (χ1) is 16.4. The quantitative estimate of drug-likeness (QED) is 0.643. The molecule has 0 saturated carbocycles. The maximum absolute atomic E-state index is 12.6. The van der Waals surface area contributed by atoms with E-state index < -0.39 is 11.8 Å². The third-order valence-corrected chi connectivity index (χ3v) is 7.05. The van der Waals surface area contributed by atoms with Crippen molar-refractivity contribution in [2.24, 2.45) is 0 Å². The first-order valence-corrected chi connectivity index (χ1v) is 12.3. The molecule has 2 aliphatic rings. The summed E-state index contributed by atoms with van der Waals surface area (Å²) in [5.74, 6) is -1.17. The van der Waals surface area contributed by atoms with Gasteiger partial charge in [0.15, 0.2) is 0 Å². The maximum atomic E-state index is 12.6. The van der Waals surface area contributed by atoms with Gasteiger partial charge in [-0.15, -0.1) is 0 Å². The third kappa shape index (κ3) is 5.96. The highest BCUT2D eigenvalue weighted by Crippen LogP contribution is 2.31. The Labute approximate surface area is 203 Å². The number of fused-ring (bicyclic) bond motifs is 1. The summed E-state index contributed by atoms with van der Waals surface area (Å²) < 4.78 is 0. The number of nitrogens with zero attached hydrogens (tertiary/aromatic N) is 3. The van der Waals surface area contributed by atoms with Crippen LogP contribution in [-0.4, -0.2) is 75.0 Å². The molecule has 7 nitrogen and oxygen atoms in total. The number of aryl methyl sites for hydroxylation is 2. The lowest BCUT2D eigenvalue weighted by Crippen LogP contribution is -2.49. The lowest BCUT2D eigenvalue weighted by molar-refractivity contribution is -0.139. The number of carbonyl (C=O) groups excluding carboxylic acids is 2. The molecule has 1 saturated heterocycles. The van der Waals surface area contributed by atoms with E-state index in [4.69, 9.17) is 0 Å². The second-order valence-electron chi connectivity index (χ2n) is 9.65. The lowest BCUT2D eigenvalue weighted by Gasteiger charge is -2.39. The number of rotatable bonds is 6. The van der Waals surface area contributed by atoms with E-state index in [1.807, 2.05) is 31.2 Å². The van der Waals surface area contributed by atoms with Gasteiger partial charge in [-0.25, -0.2) is 0 Å². The monoisotopic (exact) mass is 463 g/mol. The molecule has 2 N–H and O–H groups in total. The molecule has 1 fully saturated rings. The van der Waals surface area contributed by atoms with Gasteiger partial charge >= 0.3 is 11.8 Å². The minimum Gasteiger partial charge on any atom is -0.374 e. The van der Waals surface area contributed by atoms with Crippen LogP contribution in [0.2, 0.25) is 0 Å². The van der Waals surface area contributed by atoms with E-state index in [0.717, 1.165) is 56.7 Å². The Bertz CT molecular complexity index is 999. The molecule has 0 bridgehead atoms. The predicted molar refractivity (Wildman–Crippen MR) is 136 cm³/mol. The number of carbonyl (C=O) groups is 2. The average Bonchev–Trinajstić information content (AvgIpc) is 2.84. The molecule has 0 radical (unpaired) electrons. The molecule has 0 aromatic heterocycles. The van der Waals surface area contributed by atoms with Crippen LogP contribution in [0.3, 0.4) is 0 Å². The van der Waals surface area contributed by atoms with Crippen molar-refractivity contribution in [3.63, 3.8) is 0 Å². The Morgan fingerprint density at radius 1 is 0.912 bits per heavy atom. The van der Waals surface area contributed by atoms with Crippen LogP contribution in [0.25, 0.3) is 0 Å². The molecular formula is C27H37N5O2. The standard InChI is InChI=1S/C27H37N5O2/c1-20-6-8-21(9-7-20)18-28-26(33)27(34)29-19-25(32-15-13-30(2)14-16-32)23-10-11-24-22(17-23)5-4-12-31(24)3/h6-11,17,25H,4-5,12-16,18-19H2,1-3H3,(H,28,33)(H,29,34)/t25-/m1/s1. The van der Waals surface area contributed by atoms with Gasteiger partial charge in [0.05, 0.1) is 6.04 Å². The van der Waals surface area contributed by atoms with Crippen LogP contribution in [0.4, 0.5) is 5.69 Å². The van der Waals surface area contributed by atoms with Crippen LogP contribution in [0.1, 0.15) is 34.7 Å². The summed E-state index contributed by atoms with van der Waals surface area (Å²) in [7, 11) is 4.28. The first kappa shape index (κ1) is 24.2. The molecular weight excluding hydrogens is 426 g/mol. The number of nitrogens with one attached hydrogen (secondary N) is 2. The van der Waals surface area contributed by atoms with Crippen molar-refractivity contribution in [3.05, 3.63) is 64.7 Å². The van der Waals surface area contributed by atoms with Gasteiger partial charge in [-0.2, -0.15) is 0 Å². The van der Waals surface area contributed by atoms with E-state index >= 15 is 0 Å². The minimum absolute atomic E-state index is 0.0417. The molecule has 2 aromatic carbocycles. The second-order valence-corrected chi connectivity index (χ2v) is 9.65. The molecule has 0 unspecified atom stereocenters. The lowest BCUT2D eigenvalue weighted by atomic mass is 9.95. The SMILES string of the molecule is Cc1ccc(CNC(=O)C(=O)NC[C@H](c2ccc3c(c2)CCCN3C)N2CCN(C)CC2)cc1. The zero-order valence-corrected chi connectivity index (χ0v) is 20.6. The van der Waals surface area contributed by atoms with Crippen LogP contribution in [0.15, 0.2) is 42.5 Å². The Morgan fingerprint density at radius 2 is 1.62 bits per heavy atom. The molecule has 1 atom stereocenters. The summed E-state index contributed by atoms with van der Waals surface area (Å²) in [5.41, 5.74) is 6.01. The number of piperazine rings is 1. The van der Waals surface area contributed by atoms with E-state index in [1.54, 1.807) is 0 Å². The Morgan fingerprint density at radius 3 is 2.35 bits per heavy atom. The van der Waals surface area contributed by atoms with Crippen LogP contribution in [0.5, 0.6) is 0 Å². The number of amides is 2. The topological polar surface area (TPSA) is 67.9 Å². The highest BCUT2D eigenvalue weighted by Gasteiger charge is 2.26. The zero-order chi connectivity index (χ0) is 24.1. The van der Waals surface area contributed by atoms with E-state index in [9.17, 15) is 9.59 Å². The summed E-state index contributed by atoms with van der Waals surface area (Å²) >= 11 is 0. The number of benzene rings is 2. The number of hydrogen-bond acceptors (Lipinski definition) is 5. The van der Waals surface area contributed by atoms with Gasteiger partial charge < -0.3 is 20.4 Å². The third-order valence-electron chi connectivity index (χ3n) is 7.05. The van der Waals surface area contributed by atoms with Crippen molar-refractivity contribution in [1.29, 1.82) is 0 Å². The van der Waals surface area contributed by atoms with E-state index in [1.165, 1.54) is 16.8 Å². The predicted octanol–water partition coefficient (Wildman–Crippen LogP) is 2.10. The molecule has 182 valence electrons. The minimum atomic E-state index is -0.593. The molecule has 0 spiro atoms. The molecule has 2 aliphatic heterocycles. The Balaban J connectivity index is 1.42. The molecule has 7 heteroatoms. The second kappa shape index (κ2) is 11.0. The molecule has 4 rings (SSSR count). The van der Waals surface area contributed by atoms with E-state index in [0.29, 0.717) is 13.1 Å². The molecule has 0 aliphatic carbocycles. The Hall–Kier alpha value is -2.90. The molecule has 2 aromatic rings. The number of likely N-dealkylation sites (N-methyl/N-ethyl adjacent to an activating group) is 1. The summed E-state index contributed by atoms with van der Waals surface area (Å²) in [6, 6.07) is 14.7. The van der Waals surface area contributed by atoms with Crippen LogP contribution >= 0.6 is 0 Å². The normalized spacial score (nSPS) is 17.7. The fourth-order valence-electron chi connectivity index (χ4n) is 4.84. The van der Waals surface area contributed by atoms with Crippen molar-refractivity contribution >= 4 is 17.5 Å². The molecule has 2 heterocycles. The van der Waals surface area contributed by atoms with Crippen molar-refractivity contribution in [2.75, 3.05) is 58.3 Å². The van der Waals surface area contributed by atoms with Gasteiger partial charge in [0.1, 0.15) is 0 Å². The average molecular weight is 464 g/mol. The van der Waals surface area contributed by atoms with Crippen molar-refractivity contribution in [3.8, 4) is 0 Å². The van der Waals surface area contributed by atoms with E-state index in [2.05, 4.69) is 57.6 Å². The van der Waals surface area contributed by atoms with Crippen molar-refractivity contribution < 1.29 is 9.59 Å². The van der Waals surface area contributed by atoms with Crippen LogP contribution < -0.4 is 15.5 Å². The highest BCUT2D eigenvalue weighted by atomic mass is 16.2. The number of hydrogen-bond donors (Lipinski definition) is 2. The summed E-state index contributed by atoms with van der Waals surface area (Å²) in [6.07, 6.45) is 2.24. The number of anilines is 1. The van der Waals surface area contributed by atoms with Crippen LogP contribution in [-0.2, 0) is 22.6 Å². The van der Waals surface area contributed by atoms with E-state index in [-0.39, 0.29) is 6.04 Å². The smallest absolute Gasteiger partial charge is 0.309 e. The summed E-state index contributed by atoms with van der Waals surface area (Å²) in [5, 5.41) is 5.64. The maximum Gasteiger partial charge on any atom is 0.309 e. The van der Waals surface area contributed by atoms with Crippen molar-refractivity contribution in [2.45, 2.75) is 32.4 Å².